The van der Waals surface area contributed by atoms with Crippen LogP contribution in [0.5, 0.6) is 0 Å². The summed E-state index contributed by atoms with van der Waals surface area (Å²) in [5.74, 6) is 0.596. The van der Waals surface area contributed by atoms with Gasteiger partial charge in [-0.15, -0.1) is 0 Å². The second-order valence-corrected chi connectivity index (χ2v) is 7.59. The van der Waals surface area contributed by atoms with Crippen molar-refractivity contribution in [3.63, 3.8) is 0 Å². The van der Waals surface area contributed by atoms with Crippen LogP contribution in [0.2, 0.25) is 0 Å². The molecule has 0 radical (unpaired) electrons. The molecule has 0 bridgehead atoms. The van der Waals surface area contributed by atoms with E-state index in [1.54, 1.807) is 24.3 Å². The average molecular weight is 357 g/mol. The van der Waals surface area contributed by atoms with Crippen molar-refractivity contribution in [3.05, 3.63) is 24.3 Å². The molecule has 4 atom stereocenters. The number of amides is 3. The molecule has 1 aliphatic carbocycles. The van der Waals surface area contributed by atoms with Crippen molar-refractivity contribution in [2.24, 2.45) is 11.8 Å². The first-order valence-electron chi connectivity index (χ1n) is 9.37. The number of hydrogen-bond acceptors (Lipinski definition) is 4. The summed E-state index contributed by atoms with van der Waals surface area (Å²) in [5, 5.41) is 6.12. The second-order valence-electron chi connectivity index (χ2n) is 7.59. The Morgan fingerprint density at radius 2 is 1.81 bits per heavy atom. The molecule has 2 fully saturated rings. The molecule has 1 aromatic rings. The van der Waals surface area contributed by atoms with Gasteiger partial charge < -0.3 is 10.6 Å². The zero-order valence-electron chi connectivity index (χ0n) is 15.6. The molecule has 0 spiro atoms. The summed E-state index contributed by atoms with van der Waals surface area (Å²) in [5.41, 5.74) is 1.18. The molecule has 26 heavy (non-hydrogen) atoms. The van der Waals surface area contributed by atoms with Crippen molar-refractivity contribution in [1.29, 1.82) is 0 Å². The second kappa shape index (κ2) is 7.58. The van der Waals surface area contributed by atoms with Gasteiger partial charge >= 0.3 is 0 Å². The Kier molecular flexibility index (Phi) is 5.41. The van der Waals surface area contributed by atoms with Crippen molar-refractivity contribution >= 4 is 29.1 Å². The molecule has 3 rings (SSSR count). The van der Waals surface area contributed by atoms with Gasteiger partial charge in [-0.1, -0.05) is 26.7 Å². The number of carbonyl (C=O) groups excluding carboxylic acids is 3. The first kappa shape index (κ1) is 18.6. The van der Waals surface area contributed by atoms with E-state index >= 15 is 0 Å². The average Bonchev–Trinajstić information content (AvgIpc) is 2.86. The maximum absolute atomic E-state index is 12.8. The molecule has 2 aliphatic rings. The third-order valence-corrected chi connectivity index (χ3v) is 5.71. The van der Waals surface area contributed by atoms with Crippen molar-refractivity contribution in [2.45, 2.75) is 58.5 Å². The minimum atomic E-state index is -0.449. The number of imide groups is 1. The number of nitrogens with one attached hydrogen (secondary N) is 2. The first-order valence-corrected chi connectivity index (χ1v) is 9.37. The van der Waals surface area contributed by atoms with Gasteiger partial charge in [-0.2, -0.15) is 0 Å². The quantitative estimate of drug-likeness (QED) is 0.812. The van der Waals surface area contributed by atoms with E-state index in [1.807, 2.05) is 0 Å². The summed E-state index contributed by atoms with van der Waals surface area (Å²) in [6, 6.07) is 6.60. The van der Waals surface area contributed by atoms with Gasteiger partial charge in [0.25, 0.3) is 5.91 Å². The Balaban J connectivity index is 1.69. The number of rotatable bonds is 4. The minimum Gasteiger partial charge on any atom is -0.326 e. The van der Waals surface area contributed by atoms with Crippen LogP contribution in [0.3, 0.4) is 0 Å². The highest BCUT2D eigenvalue weighted by molar-refractivity contribution is 6.22. The van der Waals surface area contributed by atoms with Gasteiger partial charge in [-0.05, 0) is 42.5 Å². The molecule has 1 saturated carbocycles. The van der Waals surface area contributed by atoms with Gasteiger partial charge in [0.05, 0.1) is 18.2 Å². The van der Waals surface area contributed by atoms with Gasteiger partial charge in [0.15, 0.2) is 0 Å². The summed E-state index contributed by atoms with van der Waals surface area (Å²) < 4.78 is 0. The number of nitrogens with zero attached hydrogens (tertiary/aromatic N) is 1. The van der Waals surface area contributed by atoms with E-state index in [0.717, 1.165) is 12.8 Å². The van der Waals surface area contributed by atoms with E-state index in [4.69, 9.17) is 0 Å². The SMILES string of the molecule is CC(=O)Nc1ccc(N2C(=O)C[C@H](N[C@@H]3CCC[C@@H](C)[C@@H]3C)C2=O)cc1. The molecule has 6 heteroatoms. The van der Waals surface area contributed by atoms with E-state index < -0.39 is 6.04 Å². The lowest BCUT2D eigenvalue weighted by molar-refractivity contribution is -0.122. The number of benzene rings is 1. The number of carbonyl (C=O) groups is 3. The van der Waals surface area contributed by atoms with E-state index in [-0.39, 0.29) is 30.2 Å². The highest BCUT2D eigenvalue weighted by atomic mass is 16.2. The number of hydrogen-bond donors (Lipinski definition) is 2. The van der Waals surface area contributed by atoms with E-state index in [0.29, 0.717) is 23.2 Å². The predicted molar refractivity (Wildman–Crippen MR) is 101 cm³/mol. The summed E-state index contributed by atoms with van der Waals surface area (Å²) in [7, 11) is 0. The fraction of sp³-hybridized carbons (Fsp3) is 0.550. The maximum Gasteiger partial charge on any atom is 0.251 e. The Labute approximate surface area is 154 Å². The van der Waals surface area contributed by atoms with Crippen molar-refractivity contribution in [3.8, 4) is 0 Å². The minimum absolute atomic E-state index is 0.161. The van der Waals surface area contributed by atoms with Crippen LogP contribution in [0.25, 0.3) is 0 Å². The standard InChI is InChI=1S/C20H27N3O3/c1-12-5-4-6-17(13(12)2)22-18-11-19(25)23(20(18)26)16-9-7-15(8-10-16)21-14(3)24/h7-10,12-13,17-18,22H,4-6,11H2,1-3H3,(H,21,24)/t12-,13+,17-,18+/m1/s1. The van der Waals surface area contributed by atoms with Crippen molar-refractivity contribution in [1.82, 2.24) is 5.32 Å². The third kappa shape index (κ3) is 3.80. The van der Waals surface area contributed by atoms with Crippen LogP contribution < -0.4 is 15.5 Å². The van der Waals surface area contributed by atoms with E-state index in [1.165, 1.54) is 18.2 Å². The number of anilines is 2. The van der Waals surface area contributed by atoms with E-state index in [2.05, 4.69) is 24.5 Å². The highest BCUT2D eigenvalue weighted by Gasteiger charge is 2.41. The van der Waals surface area contributed by atoms with E-state index in [9.17, 15) is 14.4 Å². The maximum atomic E-state index is 12.8. The lowest BCUT2D eigenvalue weighted by Gasteiger charge is -2.36. The molecular weight excluding hydrogens is 330 g/mol. The van der Waals surface area contributed by atoms with Gasteiger partial charge in [-0.25, -0.2) is 4.90 Å². The smallest absolute Gasteiger partial charge is 0.251 e. The topological polar surface area (TPSA) is 78.5 Å². The monoisotopic (exact) mass is 357 g/mol. The summed E-state index contributed by atoms with van der Waals surface area (Å²) in [6.45, 7) is 5.91. The van der Waals surface area contributed by atoms with Gasteiger partial charge in [-0.3, -0.25) is 14.4 Å². The molecule has 1 saturated heterocycles. The van der Waals surface area contributed by atoms with Crippen LogP contribution >= 0.6 is 0 Å². The van der Waals surface area contributed by atoms with Crippen LogP contribution in [-0.4, -0.2) is 29.8 Å². The van der Waals surface area contributed by atoms with Crippen molar-refractivity contribution in [2.75, 3.05) is 10.2 Å². The fourth-order valence-electron chi connectivity index (χ4n) is 4.01. The third-order valence-electron chi connectivity index (χ3n) is 5.71. The van der Waals surface area contributed by atoms with Crippen LogP contribution in [0.1, 0.15) is 46.5 Å². The van der Waals surface area contributed by atoms with Crippen LogP contribution in [-0.2, 0) is 14.4 Å². The molecule has 2 N–H and O–H groups in total. The van der Waals surface area contributed by atoms with Gasteiger partial charge in [0.2, 0.25) is 11.8 Å². The lowest BCUT2D eigenvalue weighted by Crippen LogP contribution is -2.48. The van der Waals surface area contributed by atoms with Crippen molar-refractivity contribution < 1.29 is 14.4 Å². The molecular formula is C20H27N3O3. The lowest BCUT2D eigenvalue weighted by atomic mass is 9.78. The Hall–Kier alpha value is -2.21. The molecule has 0 unspecified atom stereocenters. The Morgan fingerprint density at radius 3 is 2.46 bits per heavy atom. The fourth-order valence-corrected chi connectivity index (χ4v) is 4.01. The molecule has 140 valence electrons. The molecule has 6 nitrogen and oxygen atoms in total. The molecule has 1 aromatic carbocycles. The largest absolute Gasteiger partial charge is 0.326 e. The highest BCUT2D eigenvalue weighted by Crippen LogP contribution is 2.31. The first-order chi connectivity index (χ1) is 12.4. The normalized spacial score (nSPS) is 29.1. The molecule has 0 aromatic heterocycles. The zero-order valence-corrected chi connectivity index (χ0v) is 15.6. The van der Waals surface area contributed by atoms with Gasteiger partial charge in [0.1, 0.15) is 0 Å². The molecule has 1 heterocycles. The Bertz CT molecular complexity index is 701. The summed E-state index contributed by atoms with van der Waals surface area (Å²) in [6.07, 6.45) is 3.63. The zero-order chi connectivity index (χ0) is 18.8. The van der Waals surface area contributed by atoms with Crippen LogP contribution in [0.4, 0.5) is 11.4 Å². The Morgan fingerprint density at radius 1 is 1.12 bits per heavy atom. The van der Waals surface area contributed by atoms with Crippen LogP contribution in [0, 0.1) is 11.8 Å². The molecule has 1 aliphatic heterocycles. The van der Waals surface area contributed by atoms with Gasteiger partial charge in [0, 0.05) is 18.7 Å². The summed E-state index contributed by atoms with van der Waals surface area (Å²) in [4.78, 5) is 37.6. The van der Waals surface area contributed by atoms with Crippen LogP contribution in [0.15, 0.2) is 24.3 Å². The summed E-state index contributed by atoms with van der Waals surface area (Å²) >= 11 is 0. The predicted octanol–water partition coefficient (Wildman–Crippen LogP) is 2.69. The molecule has 3 amide bonds.